The highest BCUT2D eigenvalue weighted by atomic mass is 16.5. The summed E-state index contributed by atoms with van der Waals surface area (Å²) in [5, 5.41) is 8.98. The molecule has 126 valence electrons. The number of carboxylic acids is 1. The largest absolute Gasteiger partial charge is 0.491 e. The van der Waals surface area contributed by atoms with Gasteiger partial charge in [0.25, 0.3) is 0 Å². The molecule has 0 saturated carbocycles. The van der Waals surface area contributed by atoms with Crippen molar-refractivity contribution in [1.29, 1.82) is 0 Å². The average Bonchev–Trinajstić information content (AvgIpc) is 2.48. The van der Waals surface area contributed by atoms with E-state index in [4.69, 9.17) is 14.6 Å². The van der Waals surface area contributed by atoms with Crippen molar-refractivity contribution < 1.29 is 24.2 Å². The SMILES string of the molecule is CC(C)Oc1ccccc1CC(=O)N1CCOCC1CC(=O)O. The van der Waals surface area contributed by atoms with Crippen LogP contribution >= 0.6 is 0 Å². The molecule has 1 saturated heterocycles. The Hall–Kier alpha value is -2.08. The van der Waals surface area contributed by atoms with Crippen LogP contribution < -0.4 is 4.74 Å². The van der Waals surface area contributed by atoms with Crippen LogP contribution in [0.1, 0.15) is 25.8 Å². The van der Waals surface area contributed by atoms with E-state index in [0.29, 0.717) is 18.9 Å². The van der Waals surface area contributed by atoms with Gasteiger partial charge in [0, 0.05) is 12.1 Å². The minimum atomic E-state index is -0.929. The molecule has 1 aliphatic rings. The Balaban J connectivity index is 2.09. The third-order valence-electron chi connectivity index (χ3n) is 3.64. The highest BCUT2D eigenvalue weighted by molar-refractivity contribution is 5.80. The van der Waals surface area contributed by atoms with E-state index in [1.165, 1.54) is 0 Å². The molecule has 0 radical (unpaired) electrons. The normalized spacial score (nSPS) is 18.0. The van der Waals surface area contributed by atoms with Gasteiger partial charge in [-0.25, -0.2) is 0 Å². The maximum atomic E-state index is 12.6. The van der Waals surface area contributed by atoms with Gasteiger partial charge in [0.15, 0.2) is 0 Å². The quantitative estimate of drug-likeness (QED) is 0.863. The molecule has 1 fully saturated rings. The van der Waals surface area contributed by atoms with Crippen molar-refractivity contribution in [2.24, 2.45) is 0 Å². The van der Waals surface area contributed by atoms with Crippen LogP contribution in [0.5, 0.6) is 5.75 Å². The van der Waals surface area contributed by atoms with Gasteiger partial charge in [-0.3, -0.25) is 9.59 Å². The number of benzene rings is 1. The van der Waals surface area contributed by atoms with Gasteiger partial charge in [0.05, 0.1) is 38.2 Å². The van der Waals surface area contributed by atoms with Crippen LogP contribution in [-0.4, -0.2) is 53.8 Å². The fraction of sp³-hybridized carbons (Fsp3) is 0.529. The number of rotatable bonds is 6. The summed E-state index contributed by atoms with van der Waals surface area (Å²) in [5.41, 5.74) is 0.812. The second kappa shape index (κ2) is 7.97. The van der Waals surface area contributed by atoms with E-state index < -0.39 is 12.0 Å². The lowest BCUT2D eigenvalue weighted by atomic mass is 10.1. The van der Waals surface area contributed by atoms with E-state index >= 15 is 0 Å². The number of aliphatic carboxylic acids is 1. The van der Waals surface area contributed by atoms with Gasteiger partial charge >= 0.3 is 5.97 Å². The van der Waals surface area contributed by atoms with Gasteiger partial charge < -0.3 is 19.5 Å². The molecule has 6 heteroatoms. The predicted octanol–water partition coefficient (Wildman–Crippen LogP) is 1.72. The molecule has 0 spiro atoms. The molecule has 1 amide bonds. The summed E-state index contributed by atoms with van der Waals surface area (Å²) in [7, 11) is 0. The second-order valence-electron chi connectivity index (χ2n) is 5.86. The molecule has 1 atom stereocenters. The second-order valence-corrected chi connectivity index (χ2v) is 5.86. The van der Waals surface area contributed by atoms with E-state index in [1.54, 1.807) is 4.90 Å². The minimum absolute atomic E-state index is 0.0226. The highest BCUT2D eigenvalue weighted by Gasteiger charge is 2.29. The van der Waals surface area contributed by atoms with Gasteiger partial charge in [-0.15, -0.1) is 0 Å². The smallest absolute Gasteiger partial charge is 0.305 e. The summed E-state index contributed by atoms with van der Waals surface area (Å²) >= 11 is 0. The zero-order valence-corrected chi connectivity index (χ0v) is 13.5. The van der Waals surface area contributed by atoms with Crippen LogP contribution in [-0.2, 0) is 20.7 Å². The summed E-state index contributed by atoms with van der Waals surface area (Å²) in [5.74, 6) is -0.333. The zero-order chi connectivity index (χ0) is 16.8. The fourth-order valence-corrected chi connectivity index (χ4v) is 2.64. The van der Waals surface area contributed by atoms with Crippen LogP contribution in [0.3, 0.4) is 0 Å². The first-order valence-electron chi connectivity index (χ1n) is 7.81. The Morgan fingerprint density at radius 2 is 2.13 bits per heavy atom. The summed E-state index contributed by atoms with van der Waals surface area (Å²) in [6, 6.07) is 7.03. The maximum absolute atomic E-state index is 12.6. The molecular formula is C17H23NO5. The first-order chi connectivity index (χ1) is 11.0. The molecule has 1 aromatic carbocycles. The average molecular weight is 321 g/mol. The van der Waals surface area contributed by atoms with Crippen molar-refractivity contribution >= 4 is 11.9 Å². The number of ether oxygens (including phenoxy) is 2. The fourth-order valence-electron chi connectivity index (χ4n) is 2.64. The summed E-state index contributed by atoms with van der Waals surface area (Å²) in [6.45, 7) is 4.99. The molecule has 0 aromatic heterocycles. The minimum Gasteiger partial charge on any atom is -0.491 e. The number of amides is 1. The standard InChI is InChI=1S/C17H23NO5/c1-12(2)23-15-6-4-3-5-13(15)9-16(19)18-7-8-22-11-14(18)10-17(20)21/h3-6,12,14H,7-11H2,1-2H3,(H,20,21). The van der Waals surface area contributed by atoms with Gasteiger partial charge in [-0.05, 0) is 19.9 Å². The van der Waals surface area contributed by atoms with Crippen LogP contribution in [0, 0.1) is 0 Å². The first-order valence-corrected chi connectivity index (χ1v) is 7.81. The molecule has 1 aromatic rings. The summed E-state index contributed by atoms with van der Waals surface area (Å²) < 4.78 is 11.0. The Kier molecular flexibility index (Phi) is 5.98. The lowest BCUT2D eigenvalue weighted by Gasteiger charge is -2.35. The lowest BCUT2D eigenvalue weighted by molar-refractivity contribution is -0.145. The van der Waals surface area contributed by atoms with Crippen LogP contribution in [0.4, 0.5) is 0 Å². The van der Waals surface area contributed by atoms with Crippen molar-refractivity contribution in [1.82, 2.24) is 4.90 Å². The van der Waals surface area contributed by atoms with E-state index in [2.05, 4.69) is 0 Å². The molecule has 0 bridgehead atoms. The number of morpholine rings is 1. The van der Waals surface area contributed by atoms with Crippen molar-refractivity contribution in [2.75, 3.05) is 19.8 Å². The van der Waals surface area contributed by atoms with Gasteiger partial charge in [-0.1, -0.05) is 18.2 Å². The molecule has 1 aliphatic heterocycles. The number of carbonyl (C=O) groups excluding carboxylic acids is 1. The molecule has 1 heterocycles. The summed E-state index contributed by atoms with van der Waals surface area (Å²) in [6.07, 6.45) is 0.115. The van der Waals surface area contributed by atoms with E-state index in [1.807, 2.05) is 38.1 Å². The number of carboxylic acid groups (broad SMARTS) is 1. The lowest BCUT2D eigenvalue weighted by Crippen LogP contribution is -2.50. The number of nitrogens with zero attached hydrogens (tertiary/aromatic N) is 1. The first kappa shape index (κ1) is 17.3. The number of para-hydroxylation sites is 1. The number of hydrogen-bond donors (Lipinski definition) is 1. The number of carbonyl (C=O) groups is 2. The molecule has 0 aliphatic carbocycles. The molecule has 1 unspecified atom stereocenters. The van der Waals surface area contributed by atoms with Crippen molar-refractivity contribution in [3.05, 3.63) is 29.8 Å². The van der Waals surface area contributed by atoms with Crippen LogP contribution in [0.25, 0.3) is 0 Å². The van der Waals surface area contributed by atoms with Crippen molar-refractivity contribution in [3.8, 4) is 5.75 Å². The van der Waals surface area contributed by atoms with Crippen LogP contribution in [0.2, 0.25) is 0 Å². The molecule has 1 N–H and O–H groups in total. The van der Waals surface area contributed by atoms with Gasteiger partial charge in [0.1, 0.15) is 5.75 Å². The third-order valence-corrected chi connectivity index (χ3v) is 3.64. The van der Waals surface area contributed by atoms with E-state index in [0.717, 1.165) is 5.56 Å². The van der Waals surface area contributed by atoms with Gasteiger partial charge in [-0.2, -0.15) is 0 Å². The molecular weight excluding hydrogens is 298 g/mol. The monoisotopic (exact) mass is 321 g/mol. The Bertz CT molecular complexity index is 558. The van der Waals surface area contributed by atoms with E-state index in [9.17, 15) is 9.59 Å². The molecule has 2 rings (SSSR count). The maximum Gasteiger partial charge on any atom is 0.305 e. The zero-order valence-electron chi connectivity index (χ0n) is 13.5. The highest BCUT2D eigenvalue weighted by Crippen LogP contribution is 2.22. The van der Waals surface area contributed by atoms with Crippen molar-refractivity contribution in [2.45, 2.75) is 38.8 Å². The third kappa shape index (κ3) is 4.96. The number of hydrogen-bond acceptors (Lipinski definition) is 4. The molecule has 23 heavy (non-hydrogen) atoms. The Labute approximate surface area is 136 Å². The predicted molar refractivity (Wildman–Crippen MR) is 84.5 cm³/mol. The molecule has 6 nitrogen and oxygen atoms in total. The Morgan fingerprint density at radius 1 is 1.39 bits per heavy atom. The van der Waals surface area contributed by atoms with Crippen LogP contribution in [0.15, 0.2) is 24.3 Å². The van der Waals surface area contributed by atoms with Gasteiger partial charge in [0.2, 0.25) is 5.91 Å². The Morgan fingerprint density at radius 3 is 2.83 bits per heavy atom. The summed E-state index contributed by atoms with van der Waals surface area (Å²) in [4.78, 5) is 25.2. The topological polar surface area (TPSA) is 76.1 Å². The van der Waals surface area contributed by atoms with Crippen molar-refractivity contribution in [3.63, 3.8) is 0 Å². The van der Waals surface area contributed by atoms with E-state index in [-0.39, 0.29) is 31.5 Å².